The van der Waals surface area contributed by atoms with Crippen LogP contribution in [0.1, 0.15) is 91.2 Å². The number of nitrogen functional groups attached to an aromatic ring is 1. The Morgan fingerprint density at radius 2 is 1.61 bits per heavy atom. The Kier molecular flexibility index (Phi) is 21.2. The lowest BCUT2D eigenvalue weighted by molar-refractivity contribution is -0.137. The maximum Gasteiger partial charge on any atom is 0.481 e. The molecule has 0 aliphatic carbocycles. The van der Waals surface area contributed by atoms with E-state index in [4.69, 9.17) is 19.5 Å². The molecule has 0 spiro atoms. The van der Waals surface area contributed by atoms with E-state index in [9.17, 15) is 62.7 Å². The lowest BCUT2D eigenvalue weighted by atomic mass is 9.87. The number of ketones is 1. The minimum atomic E-state index is -5.59. The van der Waals surface area contributed by atoms with Gasteiger partial charge in [-0.05, 0) is 6.42 Å². The van der Waals surface area contributed by atoms with Crippen LogP contribution in [0.15, 0.2) is 12.7 Å². The van der Waals surface area contributed by atoms with Crippen LogP contribution in [0, 0.1) is 5.41 Å². The summed E-state index contributed by atoms with van der Waals surface area (Å²) in [4.78, 5) is 100. The Morgan fingerprint density at radius 1 is 0.952 bits per heavy atom. The number of carbonyl (C=O) groups excluding carboxylic acids is 4. The molecular weight excluding hydrogens is 907 g/mol. The number of rotatable bonds is 29. The van der Waals surface area contributed by atoms with Crippen molar-refractivity contribution in [2.24, 2.45) is 5.41 Å². The third-order valence-corrected chi connectivity index (χ3v) is 13.1. The fourth-order valence-corrected chi connectivity index (χ4v) is 9.40. The summed E-state index contributed by atoms with van der Waals surface area (Å²) in [5, 5.41) is 26.1. The van der Waals surface area contributed by atoms with E-state index in [-0.39, 0.29) is 59.6 Å². The Balaban J connectivity index is 1.39. The Bertz CT molecular complexity index is 1970. The molecule has 2 amide bonds. The molecule has 29 heteroatoms. The van der Waals surface area contributed by atoms with Gasteiger partial charge in [-0.3, -0.25) is 37.3 Å². The number of anilines is 1. The number of aromatic nitrogens is 4. The molecule has 7 atom stereocenters. The van der Waals surface area contributed by atoms with Gasteiger partial charge in [-0.1, -0.05) is 71.1 Å². The highest BCUT2D eigenvalue weighted by Crippen LogP contribution is 2.61. The third-order valence-electron chi connectivity index (χ3n) is 9.17. The molecule has 0 radical (unpaired) electrons. The highest BCUT2D eigenvalue weighted by atomic mass is 32.2. The van der Waals surface area contributed by atoms with Crippen molar-refractivity contribution in [1.82, 2.24) is 30.2 Å². The van der Waals surface area contributed by atoms with Crippen molar-refractivity contribution in [2.75, 3.05) is 37.8 Å². The molecule has 0 bridgehead atoms. The molecule has 352 valence electrons. The first kappa shape index (κ1) is 53.6. The maximum atomic E-state index is 12.7. The highest BCUT2D eigenvalue weighted by Gasteiger charge is 2.50. The van der Waals surface area contributed by atoms with Crippen LogP contribution in [0.5, 0.6) is 0 Å². The van der Waals surface area contributed by atoms with E-state index in [2.05, 4.69) is 41.3 Å². The van der Waals surface area contributed by atoms with E-state index in [1.807, 2.05) is 0 Å². The van der Waals surface area contributed by atoms with Crippen molar-refractivity contribution in [3.63, 3.8) is 0 Å². The molecule has 1 aliphatic rings. The zero-order valence-electron chi connectivity index (χ0n) is 34.3. The van der Waals surface area contributed by atoms with Gasteiger partial charge in [0, 0.05) is 37.1 Å². The van der Waals surface area contributed by atoms with Crippen molar-refractivity contribution in [3.8, 4) is 0 Å². The molecule has 2 aromatic heterocycles. The number of aliphatic hydroxyl groups is 2. The van der Waals surface area contributed by atoms with Gasteiger partial charge in [0.2, 0.25) is 11.8 Å². The molecule has 10 N–H and O–H groups in total. The first-order chi connectivity index (χ1) is 28.9. The van der Waals surface area contributed by atoms with Gasteiger partial charge in [0.15, 0.2) is 22.8 Å². The number of hydrogen-bond donors (Lipinski definition) is 9. The van der Waals surface area contributed by atoms with Crippen molar-refractivity contribution >= 4 is 74.9 Å². The van der Waals surface area contributed by atoms with Crippen LogP contribution in [0.25, 0.3) is 11.2 Å². The second-order valence-corrected chi connectivity index (χ2v) is 20.3. The number of thioether (sulfide) groups is 1. The first-order valence-electron chi connectivity index (χ1n) is 19.5. The number of nitrogens with one attached hydrogen (secondary N) is 2. The van der Waals surface area contributed by atoms with Gasteiger partial charge in [0.05, 0.1) is 26.0 Å². The summed E-state index contributed by atoms with van der Waals surface area (Å²) in [6, 6.07) is 0. The van der Waals surface area contributed by atoms with E-state index >= 15 is 0 Å². The number of imidazole rings is 1. The molecule has 62 heavy (non-hydrogen) atoms. The number of unbranched alkanes of at least 4 members (excludes halogenated alkanes) is 6. The molecule has 0 aromatic carbocycles. The van der Waals surface area contributed by atoms with Crippen LogP contribution in [0.3, 0.4) is 0 Å². The molecule has 3 heterocycles. The zero-order valence-corrected chi connectivity index (χ0v) is 37.8. The second kappa shape index (κ2) is 24.5. The molecule has 1 fully saturated rings. The Morgan fingerprint density at radius 3 is 2.29 bits per heavy atom. The van der Waals surface area contributed by atoms with Crippen molar-refractivity contribution < 1.29 is 85.3 Å². The second-order valence-electron chi connectivity index (χ2n) is 14.9. The molecular formula is C33H56N7O18P3S. The predicted molar refractivity (Wildman–Crippen MR) is 219 cm³/mol. The van der Waals surface area contributed by atoms with E-state index in [1.165, 1.54) is 33.1 Å². The number of Topliss-reactive ketones (excluding diaryl/α,β-unsaturated/α-hetero) is 1. The van der Waals surface area contributed by atoms with Crippen LogP contribution < -0.4 is 16.4 Å². The van der Waals surface area contributed by atoms with Crippen LogP contribution in [0.4, 0.5) is 5.82 Å². The monoisotopic (exact) mass is 963 g/mol. The summed E-state index contributed by atoms with van der Waals surface area (Å²) in [5.74, 6) is -1.40. The number of aliphatic hydroxyl groups excluding tert-OH is 2. The van der Waals surface area contributed by atoms with Crippen LogP contribution >= 0.6 is 35.2 Å². The van der Waals surface area contributed by atoms with Crippen molar-refractivity contribution in [1.29, 1.82) is 0 Å². The van der Waals surface area contributed by atoms with E-state index in [0.29, 0.717) is 6.42 Å². The molecule has 3 rings (SSSR count). The standard InChI is InChI=1S/C33H56N7O18P3S/c1-4-5-6-7-8-9-10-11-21(41)16-24(43)62-15-14-35-23(42)12-13-36-31(46)28(45)33(2,3)18-55-61(52,53)58-60(50,51)54-17-22-27(57-59(47,48)49)26(44)32(56-22)40-20-39-25-29(34)37-19-38-30(25)40/h19-20,22,26-28,32,44-45H,4-18H2,1-3H3,(H,35,42)(H,36,46)(H,50,51)(H,52,53)(H2,34,37,38)(H2,47,48,49)/t22-,26?,27?,28+,32-/m1/s1. The number of nitrogens with zero attached hydrogens (tertiary/aromatic N) is 4. The topological polar surface area (TPSA) is 381 Å². The number of phosphoric acid groups is 3. The van der Waals surface area contributed by atoms with E-state index < -0.39 is 84.6 Å². The number of amides is 2. The Hall–Kier alpha value is -2.77. The Labute approximate surface area is 361 Å². The predicted octanol–water partition coefficient (Wildman–Crippen LogP) is 1.76. The number of carbonyl (C=O) groups is 4. The van der Waals surface area contributed by atoms with Gasteiger partial charge >= 0.3 is 23.5 Å². The van der Waals surface area contributed by atoms with Crippen molar-refractivity contribution in [3.05, 3.63) is 12.7 Å². The fraction of sp³-hybridized carbons (Fsp3) is 0.727. The zero-order chi connectivity index (χ0) is 46.3. The maximum absolute atomic E-state index is 12.7. The van der Waals surface area contributed by atoms with E-state index in [0.717, 1.165) is 54.7 Å². The number of hydrogen-bond acceptors (Lipinski definition) is 19. The minimum Gasteiger partial charge on any atom is -0.386 e. The summed E-state index contributed by atoms with van der Waals surface area (Å²) < 4.78 is 62.2. The molecule has 1 saturated heterocycles. The van der Waals surface area contributed by atoms with Crippen LogP contribution in [-0.4, -0.2) is 128 Å². The highest BCUT2D eigenvalue weighted by molar-refractivity contribution is 8.13. The number of fused-ring (bicyclic) bond motifs is 1. The average molecular weight is 964 g/mol. The third kappa shape index (κ3) is 18.0. The largest absolute Gasteiger partial charge is 0.481 e. The summed E-state index contributed by atoms with van der Waals surface area (Å²) in [6.45, 7) is 2.48. The van der Waals surface area contributed by atoms with Gasteiger partial charge in [0.25, 0.3) is 0 Å². The van der Waals surface area contributed by atoms with Gasteiger partial charge in [-0.25, -0.2) is 28.6 Å². The van der Waals surface area contributed by atoms with Gasteiger partial charge in [-0.2, -0.15) is 4.31 Å². The number of phosphoric ester groups is 3. The summed E-state index contributed by atoms with van der Waals surface area (Å²) in [5.41, 5.74) is 4.24. The summed E-state index contributed by atoms with van der Waals surface area (Å²) in [6.07, 6.45) is 0.649. The minimum absolute atomic E-state index is 0.0257. The first-order valence-corrected chi connectivity index (χ1v) is 25.0. The molecule has 25 nitrogen and oxygen atoms in total. The lowest BCUT2D eigenvalue weighted by Gasteiger charge is -2.30. The molecule has 4 unspecified atom stereocenters. The van der Waals surface area contributed by atoms with Gasteiger partial charge in [0.1, 0.15) is 42.0 Å². The van der Waals surface area contributed by atoms with Crippen LogP contribution in [-0.2, 0) is 55.5 Å². The normalized spacial score (nSPS) is 20.7. The van der Waals surface area contributed by atoms with Crippen LogP contribution in [0.2, 0.25) is 0 Å². The van der Waals surface area contributed by atoms with Gasteiger partial charge < -0.3 is 50.9 Å². The SMILES string of the molecule is CCCCCCCCCC(=O)CC(=O)SCCNC(=O)CCNC(=O)[C@H](O)C(C)(C)COP(=O)(O)OP(=O)(O)OC[C@H]1O[C@@H](n2cnc3c(N)ncnc32)C(O)C1OP(=O)(O)O. The molecule has 0 saturated carbocycles. The quantitative estimate of drug-likeness (QED) is 0.0318. The number of nitrogens with two attached hydrogens (primary N) is 1. The number of ether oxygens (including phenoxy) is 1. The van der Waals surface area contributed by atoms with Gasteiger partial charge in [-0.15, -0.1) is 0 Å². The average Bonchev–Trinajstić information content (AvgIpc) is 3.74. The molecule has 1 aliphatic heterocycles. The fourth-order valence-electron chi connectivity index (χ4n) is 5.87. The van der Waals surface area contributed by atoms with Crippen molar-refractivity contribution in [2.45, 2.75) is 116 Å². The smallest absolute Gasteiger partial charge is 0.386 e. The lowest BCUT2D eigenvalue weighted by Crippen LogP contribution is -2.46. The summed E-state index contributed by atoms with van der Waals surface area (Å²) >= 11 is 0.931. The molecule has 2 aromatic rings. The van der Waals surface area contributed by atoms with E-state index in [1.54, 1.807) is 0 Å². The summed E-state index contributed by atoms with van der Waals surface area (Å²) in [7, 11) is -16.4.